The molecule has 2 rings (SSSR count). The average Bonchev–Trinajstić information content (AvgIpc) is 2.40. The van der Waals surface area contributed by atoms with Crippen LogP contribution in [0, 0.1) is 0 Å². The van der Waals surface area contributed by atoms with Gasteiger partial charge in [0.1, 0.15) is 0 Å². The number of benzene rings is 1. The van der Waals surface area contributed by atoms with E-state index >= 15 is 0 Å². The van der Waals surface area contributed by atoms with E-state index in [-0.39, 0.29) is 11.7 Å². The maximum atomic E-state index is 11.2. The standard InChI is InChI=1S/C14H19NOS/c16-14(10-17)15-13-8-6-12(7-9-13)11-4-2-1-3-5-11/h6-9,11,17H,1-5,10H2,(H,15,16). The van der Waals surface area contributed by atoms with Crippen LogP contribution in [0.4, 0.5) is 5.69 Å². The van der Waals surface area contributed by atoms with Gasteiger partial charge in [-0.25, -0.2) is 0 Å². The van der Waals surface area contributed by atoms with Crippen LogP contribution in [0.2, 0.25) is 0 Å². The fourth-order valence-electron chi connectivity index (χ4n) is 2.48. The number of hydrogen-bond donors (Lipinski definition) is 2. The number of amides is 1. The van der Waals surface area contributed by atoms with Gasteiger partial charge in [-0.15, -0.1) is 0 Å². The van der Waals surface area contributed by atoms with Gasteiger partial charge in [-0.2, -0.15) is 12.6 Å². The normalized spacial score (nSPS) is 16.8. The van der Waals surface area contributed by atoms with Crippen molar-refractivity contribution in [2.75, 3.05) is 11.1 Å². The highest BCUT2D eigenvalue weighted by molar-refractivity contribution is 7.81. The maximum absolute atomic E-state index is 11.2. The molecule has 1 aromatic carbocycles. The summed E-state index contributed by atoms with van der Waals surface area (Å²) in [5.74, 6) is 0.891. The number of carbonyl (C=O) groups is 1. The van der Waals surface area contributed by atoms with E-state index in [4.69, 9.17) is 0 Å². The minimum Gasteiger partial charge on any atom is -0.325 e. The van der Waals surface area contributed by atoms with Crippen molar-refractivity contribution in [1.29, 1.82) is 0 Å². The molecule has 1 aromatic rings. The third-order valence-electron chi connectivity index (χ3n) is 3.41. The van der Waals surface area contributed by atoms with Gasteiger partial charge in [-0.1, -0.05) is 31.4 Å². The van der Waals surface area contributed by atoms with Crippen LogP contribution in [-0.4, -0.2) is 11.7 Å². The Bertz CT molecular complexity index is 368. The van der Waals surface area contributed by atoms with E-state index in [0.717, 1.165) is 11.6 Å². The van der Waals surface area contributed by atoms with Crippen LogP contribution in [0.3, 0.4) is 0 Å². The number of thiol groups is 1. The van der Waals surface area contributed by atoms with Crippen molar-refractivity contribution < 1.29 is 4.79 Å². The zero-order valence-electron chi connectivity index (χ0n) is 9.98. The van der Waals surface area contributed by atoms with Crippen molar-refractivity contribution in [1.82, 2.24) is 0 Å². The van der Waals surface area contributed by atoms with Gasteiger partial charge < -0.3 is 5.32 Å². The van der Waals surface area contributed by atoms with Gasteiger partial charge in [0.2, 0.25) is 5.91 Å². The van der Waals surface area contributed by atoms with Gasteiger partial charge in [0.05, 0.1) is 5.75 Å². The van der Waals surface area contributed by atoms with Crippen molar-refractivity contribution in [3.05, 3.63) is 29.8 Å². The molecule has 17 heavy (non-hydrogen) atoms. The van der Waals surface area contributed by atoms with Crippen molar-refractivity contribution in [3.63, 3.8) is 0 Å². The first-order chi connectivity index (χ1) is 8.29. The molecular formula is C14H19NOS. The number of carbonyl (C=O) groups excluding carboxylic acids is 1. The quantitative estimate of drug-likeness (QED) is 0.787. The molecule has 0 saturated heterocycles. The van der Waals surface area contributed by atoms with Crippen LogP contribution < -0.4 is 5.32 Å². The first-order valence-corrected chi connectivity index (χ1v) is 6.93. The van der Waals surface area contributed by atoms with Crippen LogP contribution in [0.15, 0.2) is 24.3 Å². The van der Waals surface area contributed by atoms with Crippen molar-refractivity contribution in [2.24, 2.45) is 0 Å². The molecule has 2 nitrogen and oxygen atoms in total. The number of anilines is 1. The van der Waals surface area contributed by atoms with Gasteiger partial charge in [-0.05, 0) is 36.5 Å². The van der Waals surface area contributed by atoms with E-state index in [1.54, 1.807) is 0 Å². The Morgan fingerprint density at radius 1 is 1.18 bits per heavy atom. The predicted octanol–water partition coefficient (Wildman–Crippen LogP) is 3.60. The summed E-state index contributed by atoms with van der Waals surface area (Å²) in [4.78, 5) is 11.2. The lowest BCUT2D eigenvalue weighted by Gasteiger charge is -2.22. The lowest BCUT2D eigenvalue weighted by molar-refractivity contribution is -0.113. The fraction of sp³-hybridized carbons (Fsp3) is 0.500. The smallest absolute Gasteiger partial charge is 0.234 e. The van der Waals surface area contributed by atoms with Crippen molar-refractivity contribution in [3.8, 4) is 0 Å². The lowest BCUT2D eigenvalue weighted by atomic mass is 9.84. The number of nitrogens with one attached hydrogen (secondary N) is 1. The number of rotatable bonds is 3. The third kappa shape index (κ3) is 3.50. The molecule has 1 saturated carbocycles. The molecule has 0 unspecified atom stereocenters. The Hall–Kier alpha value is -0.960. The minimum absolute atomic E-state index is 0.0567. The summed E-state index contributed by atoms with van der Waals surface area (Å²) in [7, 11) is 0. The van der Waals surface area contributed by atoms with Crippen LogP contribution in [-0.2, 0) is 4.79 Å². The lowest BCUT2D eigenvalue weighted by Crippen LogP contribution is -2.12. The van der Waals surface area contributed by atoms with E-state index in [2.05, 4.69) is 30.1 Å². The molecule has 1 N–H and O–H groups in total. The zero-order chi connectivity index (χ0) is 12.1. The summed E-state index contributed by atoms with van der Waals surface area (Å²) in [6.07, 6.45) is 6.70. The Kier molecular flexibility index (Phi) is 4.49. The molecule has 3 heteroatoms. The molecule has 0 radical (unpaired) electrons. The van der Waals surface area contributed by atoms with E-state index < -0.39 is 0 Å². The summed E-state index contributed by atoms with van der Waals surface area (Å²) in [5.41, 5.74) is 2.28. The molecule has 92 valence electrons. The van der Waals surface area contributed by atoms with Crippen LogP contribution in [0.5, 0.6) is 0 Å². The van der Waals surface area contributed by atoms with Gasteiger partial charge in [0, 0.05) is 5.69 Å². The zero-order valence-corrected chi connectivity index (χ0v) is 10.9. The summed E-state index contributed by atoms with van der Waals surface area (Å²) in [6, 6.07) is 8.27. The molecule has 1 aliphatic rings. The minimum atomic E-state index is -0.0567. The molecule has 1 aliphatic carbocycles. The third-order valence-corrected chi connectivity index (χ3v) is 3.70. The fourth-order valence-corrected chi connectivity index (χ4v) is 2.55. The molecule has 0 atom stereocenters. The second-order valence-electron chi connectivity index (χ2n) is 4.66. The molecule has 0 aliphatic heterocycles. The topological polar surface area (TPSA) is 29.1 Å². The molecule has 1 amide bonds. The van der Waals surface area contributed by atoms with E-state index in [0.29, 0.717) is 0 Å². The van der Waals surface area contributed by atoms with Gasteiger partial charge >= 0.3 is 0 Å². The highest BCUT2D eigenvalue weighted by Gasteiger charge is 2.15. The first-order valence-electron chi connectivity index (χ1n) is 6.30. The van der Waals surface area contributed by atoms with Crippen LogP contribution >= 0.6 is 12.6 Å². The Balaban J connectivity index is 1.99. The molecule has 0 heterocycles. The largest absolute Gasteiger partial charge is 0.325 e. The highest BCUT2D eigenvalue weighted by atomic mass is 32.1. The first kappa shape index (κ1) is 12.5. The average molecular weight is 249 g/mol. The van der Waals surface area contributed by atoms with E-state index in [1.165, 1.54) is 37.7 Å². The molecule has 1 fully saturated rings. The predicted molar refractivity (Wildman–Crippen MR) is 74.8 cm³/mol. The van der Waals surface area contributed by atoms with Crippen molar-refractivity contribution in [2.45, 2.75) is 38.0 Å². The number of hydrogen-bond acceptors (Lipinski definition) is 2. The van der Waals surface area contributed by atoms with Crippen LogP contribution in [0.25, 0.3) is 0 Å². The monoisotopic (exact) mass is 249 g/mol. The second-order valence-corrected chi connectivity index (χ2v) is 4.98. The summed E-state index contributed by atoms with van der Waals surface area (Å²) in [5, 5.41) is 2.81. The SMILES string of the molecule is O=C(CS)Nc1ccc(C2CCCCC2)cc1. The van der Waals surface area contributed by atoms with Gasteiger partial charge in [-0.3, -0.25) is 4.79 Å². The van der Waals surface area contributed by atoms with Crippen LogP contribution in [0.1, 0.15) is 43.6 Å². The second kappa shape index (κ2) is 6.10. The Labute approximate surface area is 108 Å². The summed E-state index contributed by atoms with van der Waals surface area (Å²) in [6.45, 7) is 0. The summed E-state index contributed by atoms with van der Waals surface area (Å²) < 4.78 is 0. The van der Waals surface area contributed by atoms with Gasteiger partial charge in [0.15, 0.2) is 0 Å². The van der Waals surface area contributed by atoms with Crippen molar-refractivity contribution >= 4 is 24.2 Å². The Morgan fingerprint density at radius 2 is 1.82 bits per heavy atom. The molecule has 0 aromatic heterocycles. The molecular weight excluding hydrogens is 230 g/mol. The molecule has 0 bridgehead atoms. The maximum Gasteiger partial charge on any atom is 0.234 e. The Morgan fingerprint density at radius 3 is 2.41 bits per heavy atom. The highest BCUT2D eigenvalue weighted by Crippen LogP contribution is 2.32. The summed E-state index contributed by atoms with van der Waals surface area (Å²) >= 11 is 3.94. The van der Waals surface area contributed by atoms with Gasteiger partial charge in [0.25, 0.3) is 0 Å². The van der Waals surface area contributed by atoms with E-state index in [1.807, 2.05) is 12.1 Å². The molecule has 0 spiro atoms. The van der Waals surface area contributed by atoms with E-state index in [9.17, 15) is 4.79 Å².